The van der Waals surface area contributed by atoms with Gasteiger partial charge in [0.25, 0.3) is 5.91 Å². The van der Waals surface area contributed by atoms with Gasteiger partial charge in [-0.05, 0) is 35.9 Å². The van der Waals surface area contributed by atoms with Gasteiger partial charge in [0.1, 0.15) is 0 Å². The third-order valence-corrected chi connectivity index (χ3v) is 4.39. The molecule has 0 atom stereocenters. The molecule has 23 heavy (non-hydrogen) atoms. The minimum atomic E-state index is -0.0730. The first-order valence-electron chi connectivity index (χ1n) is 7.67. The summed E-state index contributed by atoms with van der Waals surface area (Å²) in [6.45, 7) is 4.10. The van der Waals surface area contributed by atoms with Crippen molar-refractivity contribution >= 4 is 27.5 Å². The van der Waals surface area contributed by atoms with Crippen LogP contribution in [0.1, 0.15) is 15.9 Å². The first-order chi connectivity index (χ1) is 11.2. The maximum Gasteiger partial charge on any atom is 0.255 e. The molecule has 2 aromatic rings. The van der Waals surface area contributed by atoms with Gasteiger partial charge in [-0.15, -0.1) is 0 Å². The molecular weight excluding hydrogens is 356 g/mol. The Morgan fingerprint density at radius 1 is 1.09 bits per heavy atom. The Bertz CT molecular complexity index is 667. The monoisotopic (exact) mass is 374 g/mol. The molecule has 0 saturated carbocycles. The highest BCUT2D eigenvalue weighted by molar-refractivity contribution is 9.10. The van der Waals surface area contributed by atoms with E-state index in [-0.39, 0.29) is 5.91 Å². The third-order valence-electron chi connectivity index (χ3n) is 3.86. The summed E-state index contributed by atoms with van der Waals surface area (Å²) in [5.41, 5.74) is 2.56. The minimum absolute atomic E-state index is 0.0730. The van der Waals surface area contributed by atoms with Gasteiger partial charge in [0, 0.05) is 35.4 Å². The minimum Gasteiger partial charge on any atom is -0.379 e. The molecule has 0 unspecified atom stereocenters. The fourth-order valence-electron chi connectivity index (χ4n) is 2.61. The van der Waals surface area contributed by atoms with E-state index in [0.29, 0.717) is 0 Å². The Kier molecular flexibility index (Phi) is 5.43. The normalized spacial score (nSPS) is 15.3. The molecule has 1 aliphatic heterocycles. The van der Waals surface area contributed by atoms with Gasteiger partial charge in [0.2, 0.25) is 0 Å². The molecule has 1 aliphatic rings. The van der Waals surface area contributed by atoms with Crippen LogP contribution >= 0.6 is 15.9 Å². The highest BCUT2D eigenvalue weighted by Gasteiger charge is 2.16. The van der Waals surface area contributed by atoms with E-state index in [1.54, 1.807) is 0 Å². The van der Waals surface area contributed by atoms with Crippen molar-refractivity contribution in [3.05, 3.63) is 64.1 Å². The Labute approximate surface area is 144 Å². The second kappa shape index (κ2) is 7.73. The van der Waals surface area contributed by atoms with Gasteiger partial charge < -0.3 is 10.1 Å². The van der Waals surface area contributed by atoms with Crippen molar-refractivity contribution in [3.63, 3.8) is 0 Å². The van der Waals surface area contributed by atoms with E-state index in [0.717, 1.165) is 54.1 Å². The number of rotatable bonds is 4. The number of ether oxygens (including phenoxy) is 1. The zero-order valence-electron chi connectivity index (χ0n) is 12.8. The average molecular weight is 375 g/mol. The van der Waals surface area contributed by atoms with Crippen LogP contribution in [-0.2, 0) is 11.3 Å². The smallest absolute Gasteiger partial charge is 0.255 e. The predicted octanol–water partition coefficient (Wildman–Crippen LogP) is 3.53. The lowest BCUT2D eigenvalue weighted by molar-refractivity contribution is 0.0341. The van der Waals surface area contributed by atoms with E-state index < -0.39 is 0 Å². The van der Waals surface area contributed by atoms with Gasteiger partial charge in [-0.1, -0.05) is 34.1 Å². The van der Waals surface area contributed by atoms with E-state index >= 15 is 0 Å². The van der Waals surface area contributed by atoms with Crippen LogP contribution in [0.15, 0.2) is 53.0 Å². The molecule has 1 fully saturated rings. The Hall–Kier alpha value is -1.69. The van der Waals surface area contributed by atoms with Crippen LogP contribution in [0.25, 0.3) is 0 Å². The maximum atomic E-state index is 12.6. The summed E-state index contributed by atoms with van der Waals surface area (Å²) < 4.78 is 6.37. The molecule has 1 N–H and O–H groups in total. The summed E-state index contributed by atoms with van der Waals surface area (Å²) in [6, 6.07) is 15.4. The fraction of sp³-hybridized carbons (Fsp3) is 0.278. The van der Waals surface area contributed by atoms with Crippen molar-refractivity contribution in [2.45, 2.75) is 6.54 Å². The Balaban J connectivity index is 1.73. The van der Waals surface area contributed by atoms with Gasteiger partial charge in [-0.2, -0.15) is 0 Å². The molecule has 120 valence electrons. The number of amides is 1. The standard InChI is InChI=1S/C18H19BrN2O2/c19-15-5-7-16(8-6-15)20-18(22)17-4-2-1-3-14(17)13-21-9-11-23-12-10-21/h1-8H,9-13H2,(H,20,22). The number of benzene rings is 2. The Morgan fingerprint density at radius 2 is 1.78 bits per heavy atom. The van der Waals surface area contributed by atoms with Crippen molar-refractivity contribution in [1.82, 2.24) is 4.90 Å². The van der Waals surface area contributed by atoms with Gasteiger partial charge in [0.15, 0.2) is 0 Å². The lowest BCUT2D eigenvalue weighted by atomic mass is 10.1. The maximum absolute atomic E-state index is 12.6. The summed E-state index contributed by atoms with van der Waals surface area (Å²) in [5.74, 6) is -0.0730. The summed E-state index contributed by atoms with van der Waals surface area (Å²) in [4.78, 5) is 14.9. The molecule has 1 heterocycles. The number of anilines is 1. The number of carbonyl (C=O) groups is 1. The average Bonchev–Trinajstić information content (AvgIpc) is 2.58. The van der Waals surface area contributed by atoms with Crippen LogP contribution in [0.3, 0.4) is 0 Å². The zero-order chi connectivity index (χ0) is 16.1. The summed E-state index contributed by atoms with van der Waals surface area (Å²) >= 11 is 3.40. The molecule has 0 aliphatic carbocycles. The number of hydrogen-bond acceptors (Lipinski definition) is 3. The lowest BCUT2D eigenvalue weighted by Gasteiger charge is -2.27. The molecule has 1 saturated heterocycles. The molecule has 2 aromatic carbocycles. The highest BCUT2D eigenvalue weighted by Crippen LogP contribution is 2.17. The summed E-state index contributed by atoms with van der Waals surface area (Å²) in [5, 5.41) is 2.96. The molecule has 0 aromatic heterocycles. The third kappa shape index (κ3) is 4.41. The molecule has 5 heteroatoms. The molecule has 1 amide bonds. The molecule has 0 radical (unpaired) electrons. The van der Waals surface area contributed by atoms with Crippen LogP contribution in [-0.4, -0.2) is 37.1 Å². The first-order valence-corrected chi connectivity index (χ1v) is 8.46. The van der Waals surface area contributed by atoms with Crippen LogP contribution in [0.2, 0.25) is 0 Å². The van der Waals surface area contributed by atoms with Crippen LogP contribution in [0.5, 0.6) is 0 Å². The van der Waals surface area contributed by atoms with E-state index in [1.807, 2.05) is 48.5 Å². The molecular formula is C18H19BrN2O2. The second-order valence-electron chi connectivity index (χ2n) is 5.51. The molecule has 0 bridgehead atoms. The SMILES string of the molecule is O=C(Nc1ccc(Br)cc1)c1ccccc1CN1CCOCC1. The van der Waals surface area contributed by atoms with Crippen molar-refractivity contribution < 1.29 is 9.53 Å². The van der Waals surface area contributed by atoms with Crippen LogP contribution < -0.4 is 5.32 Å². The number of nitrogens with zero attached hydrogens (tertiary/aromatic N) is 1. The van der Waals surface area contributed by atoms with E-state index in [9.17, 15) is 4.79 Å². The lowest BCUT2D eigenvalue weighted by Crippen LogP contribution is -2.36. The van der Waals surface area contributed by atoms with Gasteiger partial charge in [0.05, 0.1) is 13.2 Å². The van der Waals surface area contributed by atoms with E-state index in [1.165, 1.54) is 0 Å². The zero-order valence-corrected chi connectivity index (χ0v) is 14.4. The predicted molar refractivity (Wildman–Crippen MR) is 94.6 cm³/mol. The molecule has 0 spiro atoms. The highest BCUT2D eigenvalue weighted by atomic mass is 79.9. The number of hydrogen-bond donors (Lipinski definition) is 1. The van der Waals surface area contributed by atoms with Crippen molar-refractivity contribution in [3.8, 4) is 0 Å². The quantitative estimate of drug-likeness (QED) is 0.889. The number of morpholine rings is 1. The fourth-order valence-corrected chi connectivity index (χ4v) is 2.88. The van der Waals surface area contributed by atoms with Gasteiger partial charge in [-0.25, -0.2) is 0 Å². The van der Waals surface area contributed by atoms with Crippen molar-refractivity contribution in [1.29, 1.82) is 0 Å². The van der Waals surface area contributed by atoms with Gasteiger partial charge in [-0.3, -0.25) is 9.69 Å². The molecule has 3 rings (SSSR count). The summed E-state index contributed by atoms with van der Waals surface area (Å²) in [7, 11) is 0. The first kappa shape index (κ1) is 16.2. The van der Waals surface area contributed by atoms with E-state index in [2.05, 4.69) is 26.1 Å². The van der Waals surface area contributed by atoms with Crippen LogP contribution in [0, 0.1) is 0 Å². The number of nitrogens with one attached hydrogen (secondary N) is 1. The summed E-state index contributed by atoms with van der Waals surface area (Å²) in [6.07, 6.45) is 0. The van der Waals surface area contributed by atoms with Crippen molar-refractivity contribution in [2.75, 3.05) is 31.6 Å². The largest absolute Gasteiger partial charge is 0.379 e. The van der Waals surface area contributed by atoms with Crippen molar-refractivity contribution in [2.24, 2.45) is 0 Å². The van der Waals surface area contributed by atoms with Gasteiger partial charge >= 0.3 is 0 Å². The second-order valence-corrected chi connectivity index (χ2v) is 6.42. The number of carbonyl (C=O) groups excluding carboxylic acids is 1. The molecule has 4 nitrogen and oxygen atoms in total. The van der Waals surface area contributed by atoms with E-state index in [4.69, 9.17) is 4.74 Å². The Morgan fingerprint density at radius 3 is 2.52 bits per heavy atom. The van der Waals surface area contributed by atoms with Crippen LogP contribution in [0.4, 0.5) is 5.69 Å². The number of halogens is 1. The topological polar surface area (TPSA) is 41.6 Å².